The van der Waals surface area contributed by atoms with Gasteiger partial charge in [-0.25, -0.2) is 4.79 Å². The number of halogens is 1. The second-order valence-electron chi connectivity index (χ2n) is 6.14. The van der Waals surface area contributed by atoms with Crippen molar-refractivity contribution in [2.24, 2.45) is 0 Å². The van der Waals surface area contributed by atoms with Gasteiger partial charge in [-0.15, -0.1) is 0 Å². The Hall–Kier alpha value is -3.00. The average molecular weight is 430 g/mol. The predicted molar refractivity (Wildman–Crippen MR) is 102 cm³/mol. The molecule has 0 aliphatic carbocycles. The van der Waals surface area contributed by atoms with Crippen molar-refractivity contribution in [3.63, 3.8) is 0 Å². The predicted octanol–water partition coefficient (Wildman–Crippen LogP) is 3.44. The van der Waals surface area contributed by atoms with Crippen molar-refractivity contribution >= 4 is 33.6 Å². The number of amides is 3. The number of ether oxygens (including phenoxy) is 2. The Morgan fingerprint density at radius 2 is 1.89 bits per heavy atom. The first-order valence-corrected chi connectivity index (χ1v) is 9.05. The van der Waals surface area contributed by atoms with Crippen LogP contribution in [-0.4, -0.2) is 18.7 Å². The molecule has 2 heterocycles. The zero-order valence-electron chi connectivity index (χ0n) is 14.3. The number of allylic oxidation sites excluding steroid dienone is 1. The molecule has 0 bridgehead atoms. The molecular formula is C19H16BrN3O4. The Labute approximate surface area is 163 Å². The molecule has 0 saturated carbocycles. The molecule has 0 saturated heterocycles. The molecule has 4 rings (SSSR count). The molecule has 0 radical (unpaired) electrons. The number of anilines is 1. The Balaban J connectivity index is 1.67. The third-order valence-corrected chi connectivity index (χ3v) is 4.87. The van der Waals surface area contributed by atoms with Crippen LogP contribution in [0.3, 0.4) is 0 Å². The molecule has 7 nitrogen and oxygen atoms in total. The molecule has 1 atom stereocenters. The maximum atomic E-state index is 13.0. The molecule has 2 aromatic rings. The lowest BCUT2D eigenvalue weighted by atomic mass is 9.94. The average Bonchev–Trinajstić information content (AvgIpc) is 3.10. The van der Waals surface area contributed by atoms with Gasteiger partial charge in [0.2, 0.25) is 6.79 Å². The standard InChI is InChI=1S/C19H16BrN3O4/c1-10-16(18(24)22-13-5-3-12(20)4-6-13)17(23-19(25)21-10)11-2-7-14-15(8-11)27-9-26-14/h2-8,17H,9H2,1H3,(H,22,24)(H2,21,23,25). The number of carbonyl (C=O) groups excluding carboxylic acids is 2. The lowest BCUT2D eigenvalue weighted by molar-refractivity contribution is -0.113. The zero-order valence-corrected chi connectivity index (χ0v) is 15.9. The summed E-state index contributed by atoms with van der Waals surface area (Å²) in [4.78, 5) is 25.0. The molecule has 3 N–H and O–H groups in total. The first kappa shape index (κ1) is 17.4. The number of benzene rings is 2. The van der Waals surface area contributed by atoms with Gasteiger partial charge in [-0.3, -0.25) is 4.79 Å². The minimum atomic E-state index is -0.608. The Morgan fingerprint density at radius 1 is 1.15 bits per heavy atom. The fraction of sp³-hybridized carbons (Fsp3) is 0.158. The van der Waals surface area contributed by atoms with Crippen LogP contribution in [0.15, 0.2) is 58.2 Å². The maximum Gasteiger partial charge on any atom is 0.319 e. The monoisotopic (exact) mass is 429 g/mol. The lowest BCUT2D eigenvalue weighted by Gasteiger charge is -2.28. The summed E-state index contributed by atoms with van der Waals surface area (Å²) >= 11 is 3.37. The summed E-state index contributed by atoms with van der Waals surface area (Å²) in [6, 6.07) is 11.7. The van der Waals surface area contributed by atoms with Crippen LogP contribution in [0.25, 0.3) is 0 Å². The SMILES string of the molecule is CC1=C(C(=O)Nc2ccc(Br)cc2)C(c2ccc3c(c2)OCO3)NC(=O)N1. The quantitative estimate of drug-likeness (QED) is 0.696. The molecule has 2 aliphatic heterocycles. The van der Waals surface area contributed by atoms with E-state index in [0.717, 1.165) is 10.0 Å². The van der Waals surface area contributed by atoms with Crippen molar-refractivity contribution in [2.45, 2.75) is 13.0 Å². The van der Waals surface area contributed by atoms with Gasteiger partial charge in [0.05, 0.1) is 11.6 Å². The summed E-state index contributed by atoms with van der Waals surface area (Å²) in [7, 11) is 0. The summed E-state index contributed by atoms with van der Waals surface area (Å²) in [6.07, 6.45) is 0. The van der Waals surface area contributed by atoms with E-state index < -0.39 is 6.04 Å². The van der Waals surface area contributed by atoms with E-state index in [9.17, 15) is 9.59 Å². The highest BCUT2D eigenvalue weighted by molar-refractivity contribution is 9.10. The number of carbonyl (C=O) groups is 2. The lowest BCUT2D eigenvalue weighted by Crippen LogP contribution is -2.45. The number of nitrogens with one attached hydrogen (secondary N) is 3. The number of fused-ring (bicyclic) bond motifs is 1. The molecule has 0 spiro atoms. The van der Waals surface area contributed by atoms with E-state index in [1.54, 1.807) is 31.2 Å². The molecule has 0 aromatic heterocycles. The van der Waals surface area contributed by atoms with Crippen molar-refractivity contribution in [3.8, 4) is 11.5 Å². The summed E-state index contributed by atoms with van der Waals surface area (Å²) in [6.45, 7) is 1.86. The minimum Gasteiger partial charge on any atom is -0.454 e. The molecular weight excluding hydrogens is 414 g/mol. The third-order valence-electron chi connectivity index (χ3n) is 4.35. The molecule has 8 heteroatoms. The topological polar surface area (TPSA) is 88.7 Å². The van der Waals surface area contributed by atoms with E-state index in [0.29, 0.717) is 28.5 Å². The van der Waals surface area contributed by atoms with Crippen LogP contribution >= 0.6 is 15.9 Å². The molecule has 27 heavy (non-hydrogen) atoms. The van der Waals surface area contributed by atoms with Crippen LogP contribution in [0.2, 0.25) is 0 Å². The smallest absolute Gasteiger partial charge is 0.319 e. The van der Waals surface area contributed by atoms with Crippen LogP contribution in [0.4, 0.5) is 10.5 Å². The van der Waals surface area contributed by atoms with Gasteiger partial charge >= 0.3 is 6.03 Å². The fourth-order valence-corrected chi connectivity index (χ4v) is 3.33. The largest absolute Gasteiger partial charge is 0.454 e. The van der Waals surface area contributed by atoms with E-state index in [4.69, 9.17) is 9.47 Å². The molecule has 2 aliphatic rings. The van der Waals surface area contributed by atoms with Crippen LogP contribution < -0.4 is 25.4 Å². The van der Waals surface area contributed by atoms with E-state index in [2.05, 4.69) is 31.9 Å². The van der Waals surface area contributed by atoms with Crippen molar-refractivity contribution in [1.29, 1.82) is 0 Å². The van der Waals surface area contributed by atoms with Crippen molar-refractivity contribution in [3.05, 3.63) is 63.8 Å². The molecule has 2 aromatic carbocycles. The molecule has 3 amide bonds. The van der Waals surface area contributed by atoms with Crippen LogP contribution in [-0.2, 0) is 4.79 Å². The number of hydrogen-bond donors (Lipinski definition) is 3. The number of rotatable bonds is 3. The number of hydrogen-bond acceptors (Lipinski definition) is 4. The zero-order chi connectivity index (χ0) is 19.0. The van der Waals surface area contributed by atoms with Gasteiger partial charge < -0.3 is 25.4 Å². The van der Waals surface area contributed by atoms with Crippen molar-refractivity contribution in [2.75, 3.05) is 12.1 Å². The van der Waals surface area contributed by atoms with Crippen LogP contribution in [0.1, 0.15) is 18.5 Å². The molecule has 1 unspecified atom stereocenters. The van der Waals surface area contributed by atoms with Gasteiger partial charge in [0.15, 0.2) is 11.5 Å². The molecule has 138 valence electrons. The van der Waals surface area contributed by atoms with E-state index >= 15 is 0 Å². The Morgan fingerprint density at radius 3 is 2.67 bits per heavy atom. The van der Waals surface area contributed by atoms with E-state index in [-0.39, 0.29) is 18.7 Å². The highest BCUT2D eigenvalue weighted by Gasteiger charge is 2.32. The van der Waals surface area contributed by atoms with Gasteiger partial charge in [-0.05, 0) is 48.9 Å². The first-order valence-electron chi connectivity index (χ1n) is 8.26. The third kappa shape index (κ3) is 3.48. The highest BCUT2D eigenvalue weighted by Crippen LogP contribution is 2.37. The first-order chi connectivity index (χ1) is 13.0. The van der Waals surface area contributed by atoms with Gasteiger partial charge in [0.25, 0.3) is 5.91 Å². The van der Waals surface area contributed by atoms with Gasteiger partial charge in [0, 0.05) is 15.9 Å². The second-order valence-corrected chi connectivity index (χ2v) is 7.06. The van der Waals surface area contributed by atoms with Crippen molar-refractivity contribution < 1.29 is 19.1 Å². The van der Waals surface area contributed by atoms with E-state index in [1.165, 1.54) is 0 Å². The highest BCUT2D eigenvalue weighted by atomic mass is 79.9. The normalized spacial score (nSPS) is 18.0. The second kappa shape index (κ2) is 6.96. The molecule has 0 fully saturated rings. The summed E-state index contributed by atoms with van der Waals surface area (Å²) in [5.74, 6) is 0.927. The maximum absolute atomic E-state index is 13.0. The Bertz CT molecular complexity index is 956. The number of urea groups is 1. The summed E-state index contributed by atoms with van der Waals surface area (Å²) < 4.78 is 11.7. The van der Waals surface area contributed by atoms with Gasteiger partial charge in [-0.2, -0.15) is 0 Å². The summed E-state index contributed by atoms with van der Waals surface area (Å²) in [5, 5.41) is 8.34. The van der Waals surface area contributed by atoms with Crippen molar-refractivity contribution in [1.82, 2.24) is 10.6 Å². The van der Waals surface area contributed by atoms with Crippen LogP contribution in [0.5, 0.6) is 11.5 Å². The van der Waals surface area contributed by atoms with Gasteiger partial charge in [-0.1, -0.05) is 22.0 Å². The van der Waals surface area contributed by atoms with Gasteiger partial charge in [0.1, 0.15) is 0 Å². The summed E-state index contributed by atoms with van der Waals surface area (Å²) in [5.41, 5.74) is 2.31. The van der Waals surface area contributed by atoms with Crippen LogP contribution in [0, 0.1) is 0 Å². The minimum absolute atomic E-state index is 0.156. The Kier molecular flexibility index (Phi) is 4.49. The van der Waals surface area contributed by atoms with E-state index in [1.807, 2.05) is 18.2 Å². The fourth-order valence-electron chi connectivity index (χ4n) is 3.07.